The molecule has 0 bridgehead atoms. The molecule has 180 valence electrons. The monoisotopic (exact) mass is 472 g/mol. The highest BCUT2D eigenvalue weighted by Crippen LogP contribution is 2.32. The third kappa shape index (κ3) is 4.78. The number of rotatable bonds is 9. The standard InChI is InChI=1S/C24H27F3N6O/c1-3-18(30-28-4-2)15-21(33-13-7-11-29-33)17-8-5-9-19(14-17)32-16-22-20(24(25,26)27)10-6-12-31(22)23(32)34/h5-14,16,18,21,28,30H,3-4,15H2,1-2H3. The molecule has 4 aromatic rings. The Morgan fingerprint density at radius 3 is 2.59 bits per heavy atom. The zero-order chi connectivity index (χ0) is 24.3. The molecule has 10 heteroatoms. The van der Waals surface area contributed by atoms with E-state index in [4.69, 9.17) is 0 Å². The van der Waals surface area contributed by atoms with Gasteiger partial charge in [0.05, 0.1) is 22.8 Å². The SMILES string of the molecule is CCNNC(CC)CC(c1cccc(-n2cc3c(C(F)(F)F)cccn3c2=O)c1)n1cccn1. The summed E-state index contributed by atoms with van der Waals surface area (Å²) in [6, 6.07) is 11.4. The molecular weight excluding hydrogens is 445 g/mol. The van der Waals surface area contributed by atoms with E-state index in [1.165, 1.54) is 23.0 Å². The highest BCUT2D eigenvalue weighted by Gasteiger charge is 2.33. The molecule has 0 spiro atoms. The third-order valence-corrected chi connectivity index (χ3v) is 5.86. The summed E-state index contributed by atoms with van der Waals surface area (Å²) < 4.78 is 44.6. The number of pyridine rings is 1. The van der Waals surface area contributed by atoms with Gasteiger partial charge in [-0.2, -0.15) is 18.3 Å². The van der Waals surface area contributed by atoms with E-state index in [0.29, 0.717) is 5.69 Å². The Morgan fingerprint density at radius 2 is 1.91 bits per heavy atom. The highest BCUT2D eigenvalue weighted by atomic mass is 19.4. The number of aromatic nitrogens is 4. The van der Waals surface area contributed by atoms with Gasteiger partial charge in [0, 0.05) is 37.4 Å². The van der Waals surface area contributed by atoms with Gasteiger partial charge in [-0.15, -0.1) is 0 Å². The molecule has 3 heterocycles. The van der Waals surface area contributed by atoms with Crippen LogP contribution in [0.15, 0.2) is 72.0 Å². The Hall–Kier alpha value is -3.37. The summed E-state index contributed by atoms with van der Waals surface area (Å²) in [5.74, 6) is 0. The van der Waals surface area contributed by atoms with Crippen molar-refractivity contribution in [1.82, 2.24) is 29.6 Å². The van der Waals surface area contributed by atoms with Crippen molar-refractivity contribution >= 4 is 5.52 Å². The van der Waals surface area contributed by atoms with Gasteiger partial charge in [-0.05, 0) is 48.7 Å². The van der Waals surface area contributed by atoms with Crippen LogP contribution in [0.2, 0.25) is 0 Å². The van der Waals surface area contributed by atoms with Crippen molar-refractivity contribution in [3.8, 4) is 5.69 Å². The second-order valence-corrected chi connectivity index (χ2v) is 8.07. The van der Waals surface area contributed by atoms with E-state index < -0.39 is 17.4 Å². The van der Waals surface area contributed by atoms with Gasteiger partial charge in [0.2, 0.25) is 0 Å². The lowest BCUT2D eigenvalue weighted by atomic mass is 9.98. The van der Waals surface area contributed by atoms with Gasteiger partial charge in [-0.1, -0.05) is 26.0 Å². The van der Waals surface area contributed by atoms with Gasteiger partial charge >= 0.3 is 11.9 Å². The topological polar surface area (TPSA) is 68.3 Å². The van der Waals surface area contributed by atoms with Gasteiger partial charge in [-0.3, -0.25) is 24.5 Å². The molecule has 4 rings (SSSR count). The van der Waals surface area contributed by atoms with Crippen molar-refractivity contribution in [3.63, 3.8) is 0 Å². The Labute approximate surface area is 194 Å². The van der Waals surface area contributed by atoms with Crippen LogP contribution in [0, 0.1) is 0 Å². The normalized spacial score (nSPS) is 13.9. The predicted molar refractivity (Wildman–Crippen MR) is 124 cm³/mol. The first-order valence-electron chi connectivity index (χ1n) is 11.2. The molecule has 0 saturated heterocycles. The predicted octanol–water partition coefficient (Wildman–Crippen LogP) is 4.18. The van der Waals surface area contributed by atoms with E-state index in [1.54, 1.807) is 18.3 Å². The Kier molecular flexibility index (Phi) is 6.90. The summed E-state index contributed by atoms with van der Waals surface area (Å²) in [6.07, 6.45) is 3.22. The molecule has 0 aliphatic rings. The van der Waals surface area contributed by atoms with Gasteiger partial charge < -0.3 is 0 Å². The van der Waals surface area contributed by atoms with Crippen molar-refractivity contribution in [2.24, 2.45) is 0 Å². The number of benzene rings is 1. The van der Waals surface area contributed by atoms with E-state index in [9.17, 15) is 18.0 Å². The first-order valence-corrected chi connectivity index (χ1v) is 11.2. The van der Waals surface area contributed by atoms with Crippen LogP contribution in [0.25, 0.3) is 11.2 Å². The Bertz CT molecular complexity index is 1290. The van der Waals surface area contributed by atoms with E-state index in [1.807, 2.05) is 36.0 Å². The van der Waals surface area contributed by atoms with Crippen LogP contribution in [0.1, 0.15) is 43.9 Å². The van der Waals surface area contributed by atoms with Gasteiger partial charge in [0.15, 0.2) is 0 Å². The van der Waals surface area contributed by atoms with Gasteiger partial charge in [0.1, 0.15) is 0 Å². The fourth-order valence-corrected chi connectivity index (χ4v) is 4.12. The maximum Gasteiger partial charge on any atom is 0.418 e. The summed E-state index contributed by atoms with van der Waals surface area (Å²) >= 11 is 0. The first kappa shape index (κ1) is 23.8. The average Bonchev–Trinajstić information content (AvgIpc) is 3.47. The number of nitrogens with zero attached hydrogens (tertiary/aromatic N) is 4. The average molecular weight is 473 g/mol. The van der Waals surface area contributed by atoms with E-state index >= 15 is 0 Å². The number of alkyl halides is 3. The maximum atomic E-state index is 13.5. The fraction of sp³-hybridized carbons (Fsp3) is 0.333. The molecule has 0 fully saturated rings. The second kappa shape index (κ2) is 9.86. The highest BCUT2D eigenvalue weighted by molar-refractivity contribution is 5.56. The van der Waals surface area contributed by atoms with E-state index in [0.717, 1.165) is 35.4 Å². The molecule has 34 heavy (non-hydrogen) atoms. The number of fused-ring (bicyclic) bond motifs is 1. The minimum absolute atomic E-state index is 0.135. The van der Waals surface area contributed by atoms with E-state index in [2.05, 4.69) is 22.9 Å². The van der Waals surface area contributed by atoms with Crippen LogP contribution in [0.4, 0.5) is 13.2 Å². The number of hydrazine groups is 1. The van der Waals surface area contributed by atoms with Crippen LogP contribution in [-0.2, 0) is 6.18 Å². The molecular formula is C24H27F3N6O. The van der Waals surface area contributed by atoms with Crippen molar-refractivity contribution in [2.75, 3.05) is 6.54 Å². The number of hydrogen-bond acceptors (Lipinski definition) is 4. The van der Waals surface area contributed by atoms with Crippen molar-refractivity contribution in [3.05, 3.63) is 88.9 Å². The molecule has 2 unspecified atom stereocenters. The van der Waals surface area contributed by atoms with Crippen LogP contribution >= 0.6 is 0 Å². The van der Waals surface area contributed by atoms with E-state index in [-0.39, 0.29) is 17.6 Å². The minimum Gasteiger partial charge on any atom is -0.267 e. The molecule has 0 radical (unpaired) electrons. The quantitative estimate of drug-likeness (QED) is 0.359. The molecule has 0 aliphatic heterocycles. The molecule has 2 atom stereocenters. The summed E-state index contributed by atoms with van der Waals surface area (Å²) in [7, 11) is 0. The number of nitrogens with one attached hydrogen (secondary N) is 2. The Morgan fingerprint density at radius 1 is 1.09 bits per heavy atom. The van der Waals surface area contributed by atoms with Crippen LogP contribution in [-0.4, -0.2) is 31.3 Å². The summed E-state index contributed by atoms with van der Waals surface area (Å²) in [5, 5.41) is 4.42. The van der Waals surface area contributed by atoms with Crippen LogP contribution < -0.4 is 16.5 Å². The smallest absolute Gasteiger partial charge is 0.267 e. The molecule has 7 nitrogen and oxygen atoms in total. The zero-order valence-corrected chi connectivity index (χ0v) is 19.0. The minimum atomic E-state index is -4.56. The summed E-state index contributed by atoms with van der Waals surface area (Å²) in [6.45, 7) is 4.89. The largest absolute Gasteiger partial charge is 0.418 e. The van der Waals surface area contributed by atoms with Crippen molar-refractivity contribution in [1.29, 1.82) is 0 Å². The maximum absolute atomic E-state index is 13.5. The molecule has 1 aromatic carbocycles. The molecule has 0 aliphatic carbocycles. The number of halogens is 3. The zero-order valence-electron chi connectivity index (χ0n) is 19.0. The fourth-order valence-electron chi connectivity index (χ4n) is 4.12. The number of imidazole rings is 1. The second-order valence-electron chi connectivity index (χ2n) is 8.07. The van der Waals surface area contributed by atoms with Crippen molar-refractivity contribution < 1.29 is 13.2 Å². The van der Waals surface area contributed by atoms with Crippen molar-refractivity contribution in [2.45, 2.75) is 44.9 Å². The Balaban J connectivity index is 1.76. The summed E-state index contributed by atoms with van der Waals surface area (Å²) in [5.41, 5.74) is 6.27. The summed E-state index contributed by atoms with van der Waals surface area (Å²) in [4.78, 5) is 13.0. The lowest BCUT2D eigenvalue weighted by Gasteiger charge is -2.25. The lowest BCUT2D eigenvalue weighted by Crippen LogP contribution is -2.41. The third-order valence-electron chi connectivity index (χ3n) is 5.86. The number of hydrogen-bond donors (Lipinski definition) is 2. The molecule has 3 aromatic heterocycles. The van der Waals surface area contributed by atoms with Crippen LogP contribution in [0.5, 0.6) is 0 Å². The molecule has 2 N–H and O–H groups in total. The van der Waals surface area contributed by atoms with Gasteiger partial charge in [-0.25, -0.2) is 4.79 Å². The van der Waals surface area contributed by atoms with Gasteiger partial charge in [0.25, 0.3) is 0 Å². The molecule has 0 amide bonds. The first-order chi connectivity index (χ1) is 16.3. The molecule has 0 saturated carbocycles. The lowest BCUT2D eigenvalue weighted by molar-refractivity contribution is -0.136. The van der Waals surface area contributed by atoms with Crippen LogP contribution in [0.3, 0.4) is 0 Å².